The van der Waals surface area contributed by atoms with Crippen LogP contribution in [-0.4, -0.2) is 23.8 Å². The molecule has 3 aliphatic rings. The van der Waals surface area contributed by atoms with E-state index < -0.39 is 0 Å². The SMILES string of the molecule is CC1=CCC[C@@H]2[C@@](C)(CCC3=CC(=O)OC3)[C@H](C)C[C@H](O)[C@@]12C. The first kappa shape index (κ1) is 16.8. The van der Waals surface area contributed by atoms with Gasteiger partial charge in [-0.2, -0.15) is 0 Å². The minimum Gasteiger partial charge on any atom is -0.458 e. The second kappa shape index (κ2) is 5.77. The van der Waals surface area contributed by atoms with Gasteiger partial charge in [0.2, 0.25) is 0 Å². The molecule has 2 aliphatic carbocycles. The molecule has 5 atom stereocenters. The number of carbonyl (C=O) groups is 1. The van der Waals surface area contributed by atoms with Crippen molar-refractivity contribution in [2.24, 2.45) is 22.7 Å². The molecule has 1 heterocycles. The van der Waals surface area contributed by atoms with Crippen LogP contribution in [0.5, 0.6) is 0 Å². The Labute approximate surface area is 139 Å². The van der Waals surface area contributed by atoms with Crippen molar-refractivity contribution in [3.8, 4) is 0 Å². The Bertz CT molecular complexity index is 561. The van der Waals surface area contributed by atoms with Crippen molar-refractivity contribution in [1.29, 1.82) is 0 Å². The van der Waals surface area contributed by atoms with Crippen LogP contribution in [0.2, 0.25) is 0 Å². The Morgan fingerprint density at radius 2 is 2.13 bits per heavy atom. The minimum absolute atomic E-state index is 0.101. The zero-order valence-corrected chi connectivity index (χ0v) is 14.9. The fourth-order valence-corrected chi connectivity index (χ4v) is 5.37. The zero-order valence-electron chi connectivity index (χ0n) is 14.9. The van der Waals surface area contributed by atoms with Gasteiger partial charge in [0.25, 0.3) is 0 Å². The largest absolute Gasteiger partial charge is 0.458 e. The number of cyclic esters (lactones) is 1. The Hall–Kier alpha value is -1.09. The number of carbonyl (C=O) groups excluding carboxylic acids is 1. The van der Waals surface area contributed by atoms with Gasteiger partial charge in [-0.05, 0) is 61.9 Å². The molecule has 0 radical (unpaired) electrons. The number of ether oxygens (including phenoxy) is 1. The average Bonchev–Trinajstić information content (AvgIpc) is 2.92. The van der Waals surface area contributed by atoms with E-state index in [1.807, 2.05) is 0 Å². The summed E-state index contributed by atoms with van der Waals surface area (Å²) in [5.74, 6) is 0.788. The molecule has 3 heteroatoms. The van der Waals surface area contributed by atoms with Gasteiger partial charge in [0.1, 0.15) is 6.61 Å². The van der Waals surface area contributed by atoms with Crippen molar-refractivity contribution in [3.05, 3.63) is 23.3 Å². The molecule has 0 amide bonds. The van der Waals surface area contributed by atoms with E-state index in [0.717, 1.165) is 37.7 Å². The third-order valence-corrected chi connectivity index (χ3v) is 7.38. The maximum atomic E-state index is 11.3. The number of esters is 1. The first-order valence-corrected chi connectivity index (χ1v) is 9.00. The summed E-state index contributed by atoms with van der Waals surface area (Å²) in [6.45, 7) is 9.62. The predicted molar refractivity (Wildman–Crippen MR) is 90.8 cm³/mol. The summed E-state index contributed by atoms with van der Waals surface area (Å²) in [5.41, 5.74) is 2.57. The minimum atomic E-state index is -0.247. The van der Waals surface area contributed by atoms with Crippen LogP contribution in [0.25, 0.3) is 0 Å². The lowest BCUT2D eigenvalue weighted by molar-refractivity contribution is -0.135. The van der Waals surface area contributed by atoms with Crippen molar-refractivity contribution in [3.63, 3.8) is 0 Å². The number of aliphatic hydroxyl groups is 1. The number of rotatable bonds is 3. The summed E-state index contributed by atoms with van der Waals surface area (Å²) in [6.07, 6.45) is 8.87. The van der Waals surface area contributed by atoms with Gasteiger partial charge in [-0.15, -0.1) is 0 Å². The Balaban J connectivity index is 1.85. The van der Waals surface area contributed by atoms with E-state index in [9.17, 15) is 9.90 Å². The molecular weight excluding hydrogens is 288 g/mol. The lowest BCUT2D eigenvalue weighted by atomic mass is 9.46. The van der Waals surface area contributed by atoms with E-state index >= 15 is 0 Å². The quantitative estimate of drug-likeness (QED) is 0.631. The molecule has 1 N–H and O–H groups in total. The molecule has 3 rings (SSSR count). The smallest absolute Gasteiger partial charge is 0.331 e. The van der Waals surface area contributed by atoms with Gasteiger partial charge in [-0.3, -0.25) is 0 Å². The van der Waals surface area contributed by atoms with Crippen LogP contribution in [-0.2, 0) is 9.53 Å². The molecule has 0 spiro atoms. The van der Waals surface area contributed by atoms with Crippen LogP contribution >= 0.6 is 0 Å². The maximum Gasteiger partial charge on any atom is 0.331 e. The van der Waals surface area contributed by atoms with Crippen LogP contribution in [0.3, 0.4) is 0 Å². The zero-order chi connectivity index (χ0) is 16.8. The monoisotopic (exact) mass is 318 g/mol. The van der Waals surface area contributed by atoms with E-state index in [2.05, 4.69) is 33.8 Å². The molecule has 23 heavy (non-hydrogen) atoms. The normalized spacial score (nSPS) is 43.5. The number of allylic oxidation sites excluding steroid dienone is 1. The number of hydrogen-bond acceptors (Lipinski definition) is 3. The van der Waals surface area contributed by atoms with Gasteiger partial charge in [-0.25, -0.2) is 4.79 Å². The molecule has 1 fully saturated rings. The van der Waals surface area contributed by atoms with E-state index in [-0.39, 0.29) is 22.9 Å². The van der Waals surface area contributed by atoms with Crippen LogP contribution in [0.15, 0.2) is 23.3 Å². The third kappa shape index (κ3) is 2.57. The van der Waals surface area contributed by atoms with E-state index in [1.165, 1.54) is 5.57 Å². The van der Waals surface area contributed by atoms with Crippen LogP contribution in [0.1, 0.15) is 59.8 Å². The second-order valence-corrected chi connectivity index (χ2v) is 8.37. The molecule has 0 aromatic rings. The standard InChI is InChI=1S/C20H30O3/c1-13-6-5-7-16-19(3,9-8-15-11-18(22)23-12-15)14(2)10-17(21)20(13,16)4/h6,11,14,16-17,21H,5,7-10,12H2,1-4H3/t14-,16-,17+,19+,20+/m1/s1. The fraction of sp³-hybridized carbons (Fsp3) is 0.750. The lowest BCUT2D eigenvalue weighted by Crippen LogP contribution is -2.56. The summed E-state index contributed by atoms with van der Waals surface area (Å²) in [4.78, 5) is 11.3. The molecule has 3 nitrogen and oxygen atoms in total. The summed E-state index contributed by atoms with van der Waals surface area (Å²) < 4.78 is 5.05. The third-order valence-electron chi connectivity index (χ3n) is 7.38. The van der Waals surface area contributed by atoms with E-state index in [1.54, 1.807) is 6.08 Å². The topological polar surface area (TPSA) is 46.5 Å². The number of aliphatic hydroxyl groups excluding tert-OH is 1. The van der Waals surface area contributed by atoms with Gasteiger partial charge < -0.3 is 9.84 Å². The maximum absolute atomic E-state index is 11.3. The molecule has 0 aromatic carbocycles. The van der Waals surface area contributed by atoms with Crippen molar-refractivity contribution in [2.75, 3.05) is 6.61 Å². The van der Waals surface area contributed by atoms with E-state index in [0.29, 0.717) is 18.4 Å². The molecular formula is C20H30O3. The first-order chi connectivity index (χ1) is 10.8. The highest BCUT2D eigenvalue weighted by Crippen LogP contribution is 2.61. The van der Waals surface area contributed by atoms with Gasteiger partial charge in [0, 0.05) is 11.5 Å². The van der Waals surface area contributed by atoms with Crippen molar-refractivity contribution in [1.82, 2.24) is 0 Å². The molecule has 1 saturated carbocycles. The van der Waals surface area contributed by atoms with Crippen LogP contribution < -0.4 is 0 Å². The summed E-state index contributed by atoms with van der Waals surface area (Å²) in [5, 5.41) is 10.8. The molecule has 0 aromatic heterocycles. The lowest BCUT2D eigenvalue weighted by Gasteiger charge is -2.60. The predicted octanol–water partition coefficient (Wildman–Crippen LogP) is 4.02. The first-order valence-electron chi connectivity index (χ1n) is 9.00. The molecule has 128 valence electrons. The van der Waals surface area contributed by atoms with Crippen molar-refractivity contribution >= 4 is 5.97 Å². The highest BCUT2D eigenvalue weighted by molar-refractivity contribution is 5.85. The van der Waals surface area contributed by atoms with E-state index in [4.69, 9.17) is 4.74 Å². The molecule has 0 unspecified atom stereocenters. The van der Waals surface area contributed by atoms with Gasteiger partial charge in [-0.1, -0.05) is 32.4 Å². The fourth-order valence-electron chi connectivity index (χ4n) is 5.37. The molecule has 0 bridgehead atoms. The van der Waals surface area contributed by atoms with Crippen molar-refractivity contribution < 1.29 is 14.6 Å². The van der Waals surface area contributed by atoms with Gasteiger partial charge >= 0.3 is 5.97 Å². The Kier molecular flexibility index (Phi) is 4.20. The number of hydrogen-bond donors (Lipinski definition) is 1. The summed E-state index contributed by atoms with van der Waals surface area (Å²) in [6, 6.07) is 0. The molecule has 0 saturated heterocycles. The Morgan fingerprint density at radius 1 is 1.39 bits per heavy atom. The molecule has 1 aliphatic heterocycles. The Morgan fingerprint density at radius 3 is 2.78 bits per heavy atom. The highest BCUT2D eigenvalue weighted by Gasteiger charge is 2.57. The summed E-state index contributed by atoms with van der Waals surface area (Å²) in [7, 11) is 0. The summed E-state index contributed by atoms with van der Waals surface area (Å²) >= 11 is 0. The second-order valence-electron chi connectivity index (χ2n) is 8.37. The average molecular weight is 318 g/mol. The van der Waals surface area contributed by atoms with Crippen LogP contribution in [0, 0.1) is 22.7 Å². The highest BCUT2D eigenvalue weighted by atomic mass is 16.5. The van der Waals surface area contributed by atoms with Crippen molar-refractivity contribution in [2.45, 2.75) is 65.9 Å². The van der Waals surface area contributed by atoms with Gasteiger partial charge in [0.15, 0.2) is 0 Å². The van der Waals surface area contributed by atoms with Gasteiger partial charge in [0.05, 0.1) is 6.10 Å². The van der Waals surface area contributed by atoms with Crippen LogP contribution in [0.4, 0.5) is 0 Å². The number of fused-ring (bicyclic) bond motifs is 1.